The molecule has 2 aromatic heterocycles. The summed E-state index contributed by atoms with van der Waals surface area (Å²) in [5, 5.41) is 4.33. The Morgan fingerprint density at radius 1 is 1.40 bits per heavy atom. The number of nitrogen functional groups attached to an aromatic ring is 1. The molecule has 0 aromatic carbocycles. The molecule has 0 aliphatic rings. The van der Waals surface area contributed by atoms with E-state index < -0.39 is 0 Å². The zero-order chi connectivity index (χ0) is 10.8. The van der Waals surface area contributed by atoms with Crippen LogP contribution in [0.3, 0.4) is 0 Å². The highest BCUT2D eigenvalue weighted by atomic mass is 35.5. The Balaban J connectivity index is 2.53. The van der Waals surface area contributed by atoms with Crippen LogP contribution in [0.15, 0.2) is 18.6 Å². The summed E-state index contributed by atoms with van der Waals surface area (Å²) >= 11 is 5.78. The van der Waals surface area contributed by atoms with Crippen molar-refractivity contribution >= 4 is 17.4 Å². The largest absolute Gasteiger partial charge is 0.478 e. The van der Waals surface area contributed by atoms with Crippen molar-refractivity contribution in [2.45, 2.75) is 0 Å². The van der Waals surface area contributed by atoms with E-state index in [-0.39, 0.29) is 5.82 Å². The maximum absolute atomic E-state index is 5.78. The lowest BCUT2D eigenvalue weighted by atomic mass is 10.6. The number of ether oxygens (including phenoxy) is 1. The van der Waals surface area contributed by atoms with Gasteiger partial charge < -0.3 is 10.5 Å². The Morgan fingerprint density at radius 3 is 2.73 bits per heavy atom. The molecule has 0 fully saturated rings. The van der Waals surface area contributed by atoms with Crippen LogP contribution in [0.2, 0.25) is 5.02 Å². The molecule has 2 aromatic rings. The predicted molar refractivity (Wildman–Crippen MR) is 55.1 cm³/mol. The van der Waals surface area contributed by atoms with Gasteiger partial charge in [0.15, 0.2) is 5.82 Å². The monoisotopic (exact) mass is 225 g/mol. The minimum atomic E-state index is 0.240. The maximum atomic E-state index is 5.78. The van der Waals surface area contributed by atoms with Gasteiger partial charge in [0.05, 0.1) is 13.3 Å². The van der Waals surface area contributed by atoms with E-state index in [0.29, 0.717) is 16.7 Å². The third-order valence-electron chi connectivity index (χ3n) is 1.75. The number of methoxy groups -OCH3 is 1. The summed E-state index contributed by atoms with van der Waals surface area (Å²) in [7, 11) is 1.50. The number of anilines is 1. The van der Waals surface area contributed by atoms with Crippen LogP contribution < -0.4 is 10.5 Å². The predicted octanol–water partition coefficient (Wildman–Crippen LogP) is 0.906. The molecule has 0 spiro atoms. The minimum Gasteiger partial charge on any atom is -0.478 e. The van der Waals surface area contributed by atoms with E-state index in [1.807, 2.05) is 0 Å². The highest BCUT2D eigenvalue weighted by Crippen LogP contribution is 2.21. The number of nitrogens with zero attached hydrogens (tertiary/aromatic N) is 4. The Morgan fingerprint density at radius 2 is 2.13 bits per heavy atom. The van der Waals surface area contributed by atoms with Gasteiger partial charge in [-0.25, -0.2) is 14.6 Å². The van der Waals surface area contributed by atoms with Crippen LogP contribution in [0.25, 0.3) is 5.82 Å². The summed E-state index contributed by atoms with van der Waals surface area (Å²) in [5.74, 6) is 1.04. The van der Waals surface area contributed by atoms with Gasteiger partial charge in [0.1, 0.15) is 5.02 Å². The van der Waals surface area contributed by atoms with Crippen LogP contribution in [-0.4, -0.2) is 26.9 Å². The Kier molecular flexibility index (Phi) is 2.42. The van der Waals surface area contributed by atoms with E-state index >= 15 is 0 Å². The fraction of sp³-hybridized carbons (Fsp3) is 0.125. The number of rotatable bonds is 2. The van der Waals surface area contributed by atoms with Gasteiger partial charge in [-0.15, -0.1) is 5.10 Å². The maximum Gasteiger partial charge on any atom is 0.259 e. The van der Waals surface area contributed by atoms with E-state index in [4.69, 9.17) is 22.1 Å². The first kappa shape index (κ1) is 9.72. The molecule has 0 aliphatic carbocycles. The van der Waals surface area contributed by atoms with Crippen molar-refractivity contribution in [2.75, 3.05) is 12.8 Å². The molecule has 0 unspecified atom stereocenters. The number of aromatic nitrogens is 4. The summed E-state index contributed by atoms with van der Waals surface area (Å²) in [4.78, 5) is 8.06. The van der Waals surface area contributed by atoms with Crippen molar-refractivity contribution in [3.63, 3.8) is 0 Å². The zero-order valence-electron chi connectivity index (χ0n) is 7.88. The Hall–Kier alpha value is -1.82. The summed E-state index contributed by atoms with van der Waals surface area (Å²) in [6.07, 6.45) is 4.60. The van der Waals surface area contributed by atoms with E-state index in [1.165, 1.54) is 24.2 Å². The van der Waals surface area contributed by atoms with E-state index in [0.717, 1.165) is 0 Å². The topological polar surface area (TPSA) is 78.9 Å². The molecule has 0 atom stereocenters. The molecule has 0 saturated carbocycles. The molecule has 0 saturated heterocycles. The quantitative estimate of drug-likeness (QED) is 0.822. The van der Waals surface area contributed by atoms with Gasteiger partial charge in [-0.1, -0.05) is 11.6 Å². The van der Waals surface area contributed by atoms with E-state index in [9.17, 15) is 0 Å². The molecule has 0 amide bonds. The van der Waals surface area contributed by atoms with Gasteiger partial charge >= 0.3 is 0 Å². The lowest BCUT2D eigenvalue weighted by Crippen LogP contribution is -2.03. The van der Waals surface area contributed by atoms with Gasteiger partial charge in [-0.05, 0) is 0 Å². The summed E-state index contributed by atoms with van der Waals surface area (Å²) in [6, 6.07) is 0. The lowest BCUT2D eigenvalue weighted by Gasteiger charge is -2.04. The highest BCUT2D eigenvalue weighted by molar-refractivity contribution is 6.32. The normalized spacial score (nSPS) is 10.3. The minimum absolute atomic E-state index is 0.240. The lowest BCUT2D eigenvalue weighted by molar-refractivity contribution is 0.392. The summed E-state index contributed by atoms with van der Waals surface area (Å²) in [5.41, 5.74) is 5.52. The van der Waals surface area contributed by atoms with Crippen molar-refractivity contribution in [3.05, 3.63) is 23.6 Å². The van der Waals surface area contributed by atoms with E-state index in [1.54, 1.807) is 6.20 Å². The number of halogens is 1. The van der Waals surface area contributed by atoms with Gasteiger partial charge in [0, 0.05) is 12.4 Å². The number of hydrogen-bond acceptors (Lipinski definition) is 5. The Bertz CT molecular complexity index is 464. The molecular formula is C8H8ClN5O. The molecule has 2 heterocycles. The van der Waals surface area contributed by atoms with Crippen molar-refractivity contribution in [3.8, 4) is 11.7 Å². The molecule has 2 N–H and O–H groups in total. The van der Waals surface area contributed by atoms with Crippen LogP contribution in [0.1, 0.15) is 0 Å². The SMILES string of the molecule is COc1nccnc1-n1cc(Cl)c(N)n1. The van der Waals surface area contributed by atoms with Gasteiger partial charge in [-0.3, -0.25) is 0 Å². The molecule has 0 radical (unpaired) electrons. The van der Waals surface area contributed by atoms with E-state index in [2.05, 4.69) is 15.1 Å². The standard InChI is InChI=1S/C8H8ClN5O/c1-15-8-7(11-2-3-12-8)14-4-5(9)6(10)13-14/h2-4H,1H3,(H2,10,13). The third-order valence-corrected chi connectivity index (χ3v) is 2.04. The van der Waals surface area contributed by atoms with Crippen molar-refractivity contribution in [2.24, 2.45) is 0 Å². The molecule has 0 bridgehead atoms. The first-order valence-electron chi connectivity index (χ1n) is 4.08. The molecule has 15 heavy (non-hydrogen) atoms. The first-order valence-corrected chi connectivity index (χ1v) is 4.46. The van der Waals surface area contributed by atoms with Gasteiger partial charge in [-0.2, -0.15) is 0 Å². The second-order valence-corrected chi connectivity index (χ2v) is 3.10. The Labute approximate surface area is 90.7 Å². The summed E-state index contributed by atoms with van der Waals surface area (Å²) < 4.78 is 6.45. The fourth-order valence-electron chi connectivity index (χ4n) is 1.09. The molecule has 6 nitrogen and oxygen atoms in total. The smallest absolute Gasteiger partial charge is 0.259 e. The molecule has 7 heteroatoms. The van der Waals surface area contributed by atoms with Crippen molar-refractivity contribution in [1.29, 1.82) is 0 Å². The molecular weight excluding hydrogens is 218 g/mol. The zero-order valence-corrected chi connectivity index (χ0v) is 8.64. The van der Waals surface area contributed by atoms with Crippen molar-refractivity contribution in [1.82, 2.24) is 19.7 Å². The van der Waals surface area contributed by atoms with Crippen molar-refractivity contribution < 1.29 is 4.74 Å². The van der Waals surface area contributed by atoms with Gasteiger partial charge in [0.25, 0.3) is 5.88 Å². The van der Waals surface area contributed by atoms with Crippen LogP contribution in [0.5, 0.6) is 5.88 Å². The molecule has 0 aliphatic heterocycles. The fourth-order valence-corrected chi connectivity index (χ4v) is 1.22. The average molecular weight is 226 g/mol. The van der Waals surface area contributed by atoms with Crippen LogP contribution in [0, 0.1) is 0 Å². The van der Waals surface area contributed by atoms with Crippen LogP contribution in [-0.2, 0) is 0 Å². The van der Waals surface area contributed by atoms with Crippen LogP contribution >= 0.6 is 11.6 Å². The summed E-state index contributed by atoms with van der Waals surface area (Å²) in [6.45, 7) is 0. The van der Waals surface area contributed by atoms with Crippen LogP contribution in [0.4, 0.5) is 5.82 Å². The second-order valence-electron chi connectivity index (χ2n) is 2.70. The second kappa shape index (κ2) is 3.74. The third kappa shape index (κ3) is 1.71. The highest BCUT2D eigenvalue weighted by Gasteiger charge is 2.11. The average Bonchev–Trinajstić information content (AvgIpc) is 2.59. The molecule has 2 rings (SSSR count). The first-order chi connectivity index (χ1) is 7.22. The molecule has 78 valence electrons. The number of nitrogens with two attached hydrogens (primary N) is 1. The van der Waals surface area contributed by atoms with Gasteiger partial charge in [0.2, 0.25) is 5.82 Å². The number of hydrogen-bond donors (Lipinski definition) is 1.